The number of nitrogens with one attached hydrogen (secondary N) is 1. The number of rotatable bonds is 4. The van der Waals surface area contributed by atoms with Gasteiger partial charge in [0.2, 0.25) is 0 Å². The second kappa shape index (κ2) is 7.47. The lowest BCUT2D eigenvalue weighted by molar-refractivity contribution is -0.130. The van der Waals surface area contributed by atoms with E-state index in [9.17, 15) is 14.4 Å². The molecule has 1 aliphatic heterocycles. The van der Waals surface area contributed by atoms with Crippen LogP contribution in [0.3, 0.4) is 0 Å². The molecule has 3 aromatic heterocycles. The van der Waals surface area contributed by atoms with Gasteiger partial charge in [0, 0.05) is 17.6 Å². The molecule has 0 aromatic carbocycles. The number of hydrogen-bond acceptors (Lipinski definition) is 5. The number of furan rings is 1. The molecule has 30 heavy (non-hydrogen) atoms. The molecule has 0 atom stereocenters. The molecule has 0 aliphatic carbocycles. The van der Waals surface area contributed by atoms with Gasteiger partial charge in [0.25, 0.3) is 11.8 Å². The van der Waals surface area contributed by atoms with Gasteiger partial charge in [-0.2, -0.15) is 0 Å². The first-order valence-corrected chi connectivity index (χ1v) is 9.38. The van der Waals surface area contributed by atoms with Crippen LogP contribution in [-0.4, -0.2) is 32.3 Å². The number of urea groups is 1. The maximum Gasteiger partial charge on any atom is 0.331 e. The summed E-state index contributed by atoms with van der Waals surface area (Å²) < 4.78 is 7.17. The van der Waals surface area contributed by atoms with Crippen molar-refractivity contribution in [2.24, 2.45) is 0 Å². The first kappa shape index (κ1) is 19.4. The zero-order valence-electron chi connectivity index (χ0n) is 16.8. The fraction of sp³-hybridized carbons (Fsp3) is 0.182. The molecule has 4 amide bonds. The Morgan fingerprint density at radius 2 is 1.93 bits per heavy atom. The van der Waals surface area contributed by atoms with E-state index in [1.54, 1.807) is 18.3 Å². The van der Waals surface area contributed by atoms with Crippen molar-refractivity contribution in [1.29, 1.82) is 0 Å². The third-order valence-corrected chi connectivity index (χ3v) is 4.97. The fourth-order valence-corrected chi connectivity index (χ4v) is 3.43. The average molecular weight is 404 g/mol. The summed E-state index contributed by atoms with van der Waals surface area (Å²) >= 11 is 0. The average Bonchev–Trinajstić information content (AvgIpc) is 3.31. The second-order valence-electron chi connectivity index (χ2n) is 7.14. The Hall–Kier alpha value is -3.94. The summed E-state index contributed by atoms with van der Waals surface area (Å²) in [6.07, 6.45) is 4.74. The molecule has 0 bridgehead atoms. The lowest BCUT2D eigenvalue weighted by Gasteiger charge is -2.25. The third kappa shape index (κ3) is 3.43. The number of carbonyl (C=O) groups is 3. The molecule has 1 saturated heterocycles. The van der Waals surface area contributed by atoms with Crippen LogP contribution in [0.15, 0.2) is 52.8 Å². The van der Waals surface area contributed by atoms with Gasteiger partial charge in [-0.1, -0.05) is 6.07 Å². The van der Waals surface area contributed by atoms with Crippen LogP contribution in [-0.2, 0) is 16.1 Å². The van der Waals surface area contributed by atoms with Crippen molar-refractivity contribution in [1.82, 2.24) is 19.8 Å². The van der Waals surface area contributed by atoms with Crippen LogP contribution in [0, 0.1) is 20.8 Å². The molecular weight excluding hydrogens is 384 g/mol. The highest BCUT2D eigenvalue weighted by atomic mass is 16.3. The SMILES string of the molecule is Cc1ccc(-n2c(C)cc(C=C3C(=O)NC(=O)N(Cc4ccco4)C3=O)c2C)nc1. The third-order valence-electron chi connectivity index (χ3n) is 4.97. The van der Waals surface area contributed by atoms with Gasteiger partial charge in [0.15, 0.2) is 0 Å². The van der Waals surface area contributed by atoms with Gasteiger partial charge >= 0.3 is 6.03 Å². The Balaban J connectivity index is 1.70. The summed E-state index contributed by atoms with van der Waals surface area (Å²) in [7, 11) is 0. The fourth-order valence-electron chi connectivity index (χ4n) is 3.43. The molecule has 1 fully saturated rings. The van der Waals surface area contributed by atoms with Gasteiger partial charge in [0.1, 0.15) is 17.2 Å². The Labute approximate surface area is 172 Å². The van der Waals surface area contributed by atoms with Crippen LogP contribution < -0.4 is 5.32 Å². The summed E-state index contributed by atoms with van der Waals surface area (Å²) in [5, 5.41) is 2.22. The maximum atomic E-state index is 12.9. The van der Waals surface area contributed by atoms with Crippen molar-refractivity contribution in [2.45, 2.75) is 27.3 Å². The first-order chi connectivity index (χ1) is 14.3. The van der Waals surface area contributed by atoms with E-state index in [0.29, 0.717) is 11.3 Å². The molecule has 0 radical (unpaired) electrons. The minimum absolute atomic E-state index is 0.0609. The largest absolute Gasteiger partial charge is 0.467 e. The van der Waals surface area contributed by atoms with E-state index in [1.807, 2.05) is 43.5 Å². The zero-order valence-corrected chi connectivity index (χ0v) is 16.8. The van der Waals surface area contributed by atoms with Crippen molar-refractivity contribution >= 4 is 23.9 Å². The summed E-state index contributed by atoms with van der Waals surface area (Å²) in [5.74, 6) is -0.206. The Morgan fingerprint density at radius 3 is 2.60 bits per heavy atom. The topological polar surface area (TPSA) is 97.4 Å². The van der Waals surface area contributed by atoms with Gasteiger partial charge in [-0.3, -0.25) is 19.8 Å². The van der Waals surface area contributed by atoms with E-state index < -0.39 is 17.8 Å². The van der Waals surface area contributed by atoms with Crippen molar-refractivity contribution in [2.75, 3.05) is 0 Å². The van der Waals surface area contributed by atoms with E-state index in [0.717, 1.165) is 27.7 Å². The number of amides is 4. The highest BCUT2D eigenvalue weighted by Crippen LogP contribution is 2.24. The van der Waals surface area contributed by atoms with Gasteiger partial charge in [-0.15, -0.1) is 0 Å². The lowest BCUT2D eigenvalue weighted by atomic mass is 10.1. The number of imide groups is 2. The number of hydrogen-bond donors (Lipinski definition) is 1. The molecule has 3 aromatic rings. The van der Waals surface area contributed by atoms with Crippen LogP contribution in [0.25, 0.3) is 11.9 Å². The Bertz CT molecular complexity index is 1170. The lowest BCUT2D eigenvalue weighted by Crippen LogP contribution is -2.53. The van der Waals surface area contributed by atoms with Crippen LogP contribution in [0.4, 0.5) is 4.79 Å². The molecule has 0 spiro atoms. The van der Waals surface area contributed by atoms with E-state index in [-0.39, 0.29) is 12.1 Å². The summed E-state index contributed by atoms with van der Waals surface area (Å²) in [4.78, 5) is 42.9. The number of nitrogens with zero attached hydrogens (tertiary/aromatic N) is 3. The van der Waals surface area contributed by atoms with E-state index in [2.05, 4.69) is 10.3 Å². The number of aromatic nitrogens is 2. The van der Waals surface area contributed by atoms with Gasteiger partial charge < -0.3 is 8.98 Å². The van der Waals surface area contributed by atoms with E-state index >= 15 is 0 Å². The molecule has 1 N–H and O–H groups in total. The molecule has 8 heteroatoms. The molecule has 8 nitrogen and oxygen atoms in total. The van der Waals surface area contributed by atoms with E-state index in [1.165, 1.54) is 12.3 Å². The number of barbiturate groups is 1. The number of carbonyl (C=O) groups excluding carboxylic acids is 3. The summed E-state index contributed by atoms with van der Waals surface area (Å²) in [6, 6.07) is 8.30. The molecule has 1 aliphatic rings. The minimum atomic E-state index is -0.770. The van der Waals surface area contributed by atoms with Crippen molar-refractivity contribution < 1.29 is 18.8 Å². The highest BCUT2D eigenvalue weighted by Gasteiger charge is 2.36. The van der Waals surface area contributed by atoms with Gasteiger partial charge in [-0.05, 0) is 62.2 Å². The normalized spacial score (nSPS) is 15.8. The Kier molecular flexibility index (Phi) is 4.83. The summed E-state index contributed by atoms with van der Waals surface area (Å²) in [6.45, 7) is 5.71. The van der Waals surface area contributed by atoms with Crippen LogP contribution >= 0.6 is 0 Å². The molecular formula is C22H20N4O4. The van der Waals surface area contributed by atoms with Gasteiger partial charge in [0.05, 0.1) is 12.8 Å². The van der Waals surface area contributed by atoms with Crippen molar-refractivity contribution in [3.8, 4) is 5.82 Å². The maximum absolute atomic E-state index is 12.9. The van der Waals surface area contributed by atoms with Crippen LogP contribution in [0.5, 0.6) is 0 Å². The molecule has 152 valence electrons. The second-order valence-corrected chi connectivity index (χ2v) is 7.14. The van der Waals surface area contributed by atoms with Gasteiger partial charge in [-0.25, -0.2) is 9.78 Å². The first-order valence-electron chi connectivity index (χ1n) is 9.38. The highest BCUT2D eigenvalue weighted by molar-refractivity contribution is 6.31. The summed E-state index contributed by atoms with van der Waals surface area (Å²) in [5.41, 5.74) is 3.36. The smallest absolute Gasteiger partial charge is 0.331 e. The van der Waals surface area contributed by atoms with Crippen LogP contribution in [0.1, 0.15) is 28.3 Å². The molecule has 0 saturated carbocycles. The predicted molar refractivity (Wildman–Crippen MR) is 109 cm³/mol. The molecule has 4 rings (SSSR count). The van der Waals surface area contributed by atoms with Crippen LogP contribution in [0.2, 0.25) is 0 Å². The minimum Gasteiger partial charge on any atom is -0.467 e. The van der Waals surface area contributed by atoms with Crippen molar-refractivity contribution in [3.05, 3.63) is 76.6 Å². The Morgan fingerprint density at radius 1 is 1.13 bits per heavy atom. The van der Waals surface area contributed by atoms with E-state index in [4.69, 9.17) is 4.42 Å². The predicted octanol–water partition coefficient (Wildman–Crippen LogP) is 3.05. The quantitative estimate of drug-likeness (QED) is 0.532. The molecule has 4 heterocycles. The zero-order chi connectivity index (χ0) is 21.4. The number of pyridine rings is 1. The van der Waals surface area contributed by atoms with Crippen molar-refractivity contribution in [3.63, 3.8) is 0 Å². The number of aryl methyl sites for hydroxylation is 2. The standard InChI is InChI=1S/C22H20N4O4/c1-13-6-7-19(23-11-13)26-14(2)9-16(15(26)3)10-18-20(27)24-22(29)25(21(18)28)12-17-5-4-8-30-17/h4-11H,12H2,1-3H3,(H,24,27,29). The monoisotopic (exact) mass is 404 g/mol. The molecule has 0 unspecified atom stereocenters.